The van der Waals surface area contributed by atoms with Crippen LogP contribution >= 0.6 is 0 Å². The van der Waals surface area contributed by atoms with Crippen molar-refractivity contribution < 1.29 is 38.2 Å². The van der Waals surface area contributed by atoms with Gasteiger partial charge < -0.3 is 23.8 Å². The molecule has 2 atom stereocenters. The van der Waals surface area contributed by atoms with Crippen molar-refractivity contribution in [3.8, 4) is 0 Å². The minimum Gasteiger partial charge on any atom is -0.477 e. The number of nitrogens with zero attached hydrogens (tertiary/aromatic N) is 1. The van der Waals surface area contributed by atoms with E-state index in [4.69, 9.17) is 14.2 Å². The monoisotopic (exact) mass is 823 g/mol. The number of carbonyl (C=O) groups is 3. The zero-order valence-corrected chi connectivity index (χ0v) is 37.9. The molecule has 0 rings (SSSR count). The molecule has 0 aliphatic carbocycles. The molecule has 0 saturated carbocycles. The van der Waals surface area contributed by atoms with E-state index < -0.39 is 18.1 Å². The number of hydrogen-bond donors (Lipinski definition) is 1. The van der Waals surface area contributed by atoms with Gasteiger partial charge in [-0.1, -0.05) is 162 Å². The third-order valence-corrected chi connectivity index (χ3v) is 9.57. The first-order chi connectivity index (χ1) is 28.6. The van der Waals surface area contributed by atoms with Crippen molar-refractivity contribution >= 4 is 17.9 Å². The Hall–Kier alpha value is -3.75. The van der Waals surface area contributed by atoms with Crippen LogP contribution in [0.5, 0.6) is 0 Å². The van der Waals surface area contributed by atoms with E-state index in [0.717, 1.165) is 83.5 Å². The normalized spacial score (nSPS) is 13.8. The summed E-state index contributed by atoms with van der Waals surface area (Å²) in [5.41, 5.74) is 0. The van der Waals surface area contributed by atoms with Crippen LogP contribution in [0.15, 0.2) is 97.2 Å². The average Bonchev–Trinajstić information content (AvgIpc) is 3.19. The largest absolute Gasteiger partial charge is 0.477 e. The highest BCUT2D eigenvalue weighted by Crippen LogP contribution is 2.14. The molecule has 334 valence electrons. The van der Waals surface area contributed by atoms with E-state index in [1.54, 1.807) is 0 Å². The number of carboxylic acids is 1. The SMILES string of the molecule is CC/C=C/C=C/C=C/C=C/CCCCCC(=O)OCC(COCCC(C(=O)O)[N+](C)(C)C)OC(=O)CCCCCCCCCCC/C=C/C/C=C/C/C=C/C/C=C/CC. The van der Waals surface area contributed by atoms with Crippen molar-refractivity contribution in [2.45, 2.75) is 167 Å². The Balaban J connectivity index is 4.35. The number of carboxylic acid groups (broad SMARTS) is 1. The number of unbranched alkanes of at least 4 members (excludes halogenated alkanes) is 12. The van der Waals surface area contributed by atoms with E-state index >= 15 is 0 Å². The molecule has 0 saturated heterocycles. The van der Waals surface area contributed by atoms with Gasteiger partial charge >= 0.3 is 17.9 Å². The lowest BCUT2D eigenvalue weighted by atomic mass is 10.1. The van der Waals surface area contributed by atoms with E-state index in [-0.39, 0.29) is 36.2 Å². The molecule has 0 spiro atoms. The molecule has 0 aromatic rings. The van der Waals surface area contributed by atoms with Crippen molar-refractivity contribution in [3.63, 3.8) is 0 Å². The summed E-state index contributed by atoms with van der Waals surface area (Å²) < 4.78 is 17.2. The van der Waals surface area contributed by atoms with Crippen LogP contribution in [0.4, 0.5) is 0 Å². The molecule has 0 aliphatic heterocycles. The summed E-state index contributed by atoms with van der Waals surface area (Å²) in [6, 6.07) is -0.627. The fraction of sp³-hybridized carbons (Fsp3) is 0.627. The topological polar surface area (TPSA) is 99.1 Å². The van der Waals surface area contributed by atoms with Crippen molar-refractivity contribution in [1.29, 1.82) is 0 Å². The molecule has 0 amide bonds. The van der Waals surface area contributed by atoms with Gasteiger partial charge in [0.25, 0.3) is 0 Å². The quantitative estimate of drug-likeness (QED) is 0.0217. The van der Waals surface area contributed by atoms with Gasteiger partial charge in [-0.15, -0.1) is 0 Å². The molecular formula is C51H84NO7+. The van der Waals surface area contributed by atoms with E-state index in [1.807, 2.05) is 57.6 Å². The lowest BCUT2D eigenvalue weighted by molar-refractivity contribution is -0.887. The Morgan fingerprint density at radius 3 is 1.54 bits per heavy atom. The lowest BCUT2D eigenvalue weighted by Gasteiger charge is -2.31. The molecule has 0 bridgehead atoms. The first-order valence-corrected chi connectivity index (χ1v) is 22.8. The number of quaternary nitrogens is 1. The zero-order chi connectivity index (χ0) is 43.5. The Kier molecular flexibility index (Phi) is 38.4. The summed E-state index contributed by atoms with van der Waals surface area (Å²) >= 11 is 0. The number of hydrogen-bond acceptors (Lipinski definition) is 6. The third kappa shape index (κ3) is 39.5. The number of rotatable bonds is 39. The minimum absolute atomic E-state index is 0.0396. The van der Waals surface area contributed by atoms with Crippen LogP contribution in [0.3, 0.4) is 0 Å². The van der Waals surface area contributed by atoms with Crippen LogP contribution in [0.1, 0.15) is 155 Å². The van der Waals surface area contributed by atoms with Gasteiger partial charge in [0, 0.05) is 19.3 Å². The van der Waals surface area contributed by atoms with Gasteiger partial charge in [-0.25, -0.2) is 4.79 Å². The maximum Gasteiger partial charge on any atom is 0.362 e. The van der Waals surface area contributed by atoms with Crippen LogP contribution in [-0.2, 0) is 28.6 Å². The maximum absolute atomic E-state index is 12.8. The standard InChI is InChI=1S/C51H83NO7/c1-6-8-10-12-14-16-18-20-21-22-23-24-25-26-27-28-30-32-34-36-38-40-42-50(54)59-47(45-57-44-43-48(51(55)56)52(3,4)5)46-58-49(53)41-39-37-35-33-31-29-19-17-15-13-11-9-7-2/h8-11,13-17,19-21,23-24,29,31,47-48H,6-7,12,18,22,25-28,30,32-46H2,1-5H3/p+1/b10-8+,11-9+,15-13+,16-14+,19-17+,21-20+,24-23+,31-29+. The van der Waals surface area contributed by atoms with E-state index in [9.17, 15) is 19.5 Å². The fourth-order valence-electron chi connectivity index (χ4n) is 6.09. The van der Waals surface area contributed by atoms with Gasteiger partial charge in [0.1, 0.15) is 6.61 Å². The summed E-state index contributed by atoms with van der Waals surface area (Å²) in [7, 11) is 5.50. The van der Waals surface area contributed by atoms with E-state index in [1.165, 1.54) is 38.5 Å². The molecule has 8 nitrogen and oxygen atoms in total. The van der Waals surface area contributed by atoms with Crippen molar-refractivity contribution in [3.05, 3.63) is 97.2 Å². The number of carbonyl (C=O) groups excluding carboxylic acids is 2. The van der Waals surface area contributed by atoms with Crippen LogP contribution in [0, 0.1) is 0 Å². The average molecular weight is 823 g/mol. The smallest absolute Gasteiger partial charge is 0.362 e. The Morgan fingerprint density at radius 1 is 0.525 bits per heavy atom. The molecule has 0 aromatic heterocycles. The van der Waals surface area contributed by atoms with Gasteiger partial charge in [0.05, 0.1) is 34.4 Å². The number of esters is 2. The first-order valence-electron chi connectivity index (χ1n) is 22.8. The van der Waals surface area contributed by atoms with Crippen LogP contribution in [0.2, 0.25) is 0 Å². The van der Waals surface area contributed by atoms with Crippen molar-refractivity contribution in [1.82, 2.24) is 0 Å². The summed E-state index contributed by atoms with van der Waals surface area (Å²) in [4.78, 5) is 37.0. The molecule has 0 aromatic carbocycles. The molecule has 8 heteroatoms. The molecule has 0 aliphatic rings. The summed E-state index contributed by atoms with van der Waals surface area (Å²) in [5.74, 6) is -1.54. The van der Waals surface area contributed by atoms with Crippen LogP contribution < -0.4 is 0 Å². The Labute approximate surface area is 360 Å². The number of allylic oxidation sites excluding steroid dienone is 16. The molecule has 2 unspecified atom stereocenters. The van der Waals surface area contributed by atoms with Crippen molar-refractivity contribution in [2.75, 3.05) is 41.0 Å². The van der Waals surface area contributed by atoms with E-state index in [2.05, 4.69) is 74.6 Å². The highest BCUT2D eigenvalue weighted by atomic mass is 16.6. The molecular weight excluding hydrogens is 739 g/mol. The van der Waals surface area contributed by atoms with Crippen molar-refractivity contribution in [2.24, 2.45) is 0 Å². The first kappa shape index (κ1) is 55.2. The third-order valence-electron chi connectivity index (χ3n) is 9.57. The lowest BCUT2D eigenvalue weighted by Crippen LogP contribution is -2.50. The van der Waals surface area contributed by atoms with Crippen LogP contribution in [-0.4, -0.2) is 80.6 Å². The van der Waals surface area contributed by atoms with E-state index in [0.29, 0.717) is 19.3 Å². The highest BCUT2D eigenvalue weighted by Gasteiger charge is 2.31. The van der Waals surface area contributed by atoms with Gasteiger partial charge in [0.2, 0.25) is 0 Å². The number of aliphatic carboxylic acids is 1. The minimum atomic E-state index is -0.886. The predicted molar refractivity (Wildman–Crippen MR) is 247 cm³/mol. The second-order valence-corrected chi connectivity index (χ2v) is 16.0. The Bertz CT molecular complexity index is 1280. The van der Waals surface area contributed by atoms with Gasteiger partial charge in [-0.05, 0) is 70.6 Å². The second kappa shape index (κ2) is 41.0. The second-order valence-electron chi connectivity index (χ2n) is 16.0. The maximum atomic E-state index is 12.8. The number of likely N-dealkylation sites (N-methyl/N-ethyl adjacent to an activating group) is 1. The summed E-state index contributed by atoms with van der Waals surface area (Å²) in [6.45, 7) is 4.41. The Morgan fingerprint density at radius 2 is 0.983 bits per heavy atom. The fourth-order valence-corrected chi connectivity index (χ4v) is 6.09. The molecule has 0 fully saturated rings. The zero-order valence-electron chi connectivity index (χ0n) is 37.9. The molecule has 0 radical (unpaired) electrons. The van der Waals surface area contributed by atoms with Crippen LogP contribution in [0.25, 0.3) is 0 Å². The van der Waals surface area contributed by atoms with Gasteiger partial charge in [-0.2, -0.15) is 0 Å². The van der Waals surface area contributed by atoms with Gasteiger partial charge in [-0.3, -0.25) is 9.59 Å². The predicted octanol–water partition coefficient (Wildman–Crippen LogP) is 12.7. The summed E-state index contributed by atoms with van der Waals surface area (Å²) in [5, 5.41) is 9.63. The molecule has 59 heavy (non-hydrogen) atoms. The number of ether oxygens (including phenoxy) is 3. The molecule has 1 N–H and O–H groups in total. The van der Waals surface area contributed by atoms with Gasteiger partial charge in [0.15, 0.2) is 12.1 Å². The highest BCUT2D eigenvalue weighted by molar-refractivity contribution is 5.72. The summed E-state index contributed by atoms with van der Waals surface area (Å²) in [6.07, 6.45) is 54.6. The molecule has 0 heterocycles.